The van der Waals surface area contributed by atoms with E-state index in [0.717, 1.165) is 16.5 Å². The Morgan fingerprint density at radius 3 is 2.27 bits per heavy atom. The molecule has 0 aliphatic heterocycles. The van der Waals surface area contributed by atoms with Crippen LogP contribution < -0.4 is 9.62 Å². The van der Waals surface area contributed by atoms with E-state index < -0.39 is 21.8 Å². The molecular weight excluding hydrogens is 443 g/mol. The number of nitrogens with zero attached hydrogens (tertiary/aromatic N) is 1. The summed E-state index contributed by atoms with van der Waals surface area (Å²) in [4.78, 5) is 13.7. The molecule has 6 nitrogen and oxygen atoms in total. The van der Waals surface area contributed by atoms with Crippen molar-refractivity contribution in [2.75, 3.05) is 23.7 Å². The highest BCUT2D eigenvalue weighted by Gasteiger charge is 2.20. The van der Waals surface area contributed by atoms with Crippen LogP contribution in [0.5, 0.6) is 0 Å². The lowest BCUT2D eigenvalue weighted by Gasteiger charge is -2.16. The predicted octanol–water partition coefficient (Wildman–Crippen LogP) is 5.21. The molecule has 168 valence electrons. The molecule has 0 fully saturated rings. The van der Waals surface area contributed by atoms with Gasteiger partial charge in [0.2, 0.25) is 0 Å². The summed E-state index contributed by atoms with van der Waals surface area (Å²) in [6, 6.07) is 20.3. The number of halogens is 1. The Morgan fingerprint density at radius 2 is 1.61 bits per heavy atom. The Kier molecular flexibility index (Phi) is 5.78. The number of rotatable bonds is 6. The number of fused-ring (bicyclic) bond motifs is 1. The molecule has 2 N–H and O–H groups in total. The number of hydrogen-bond donors (Lipinski definition) is 2. The molecule has 33 heavy (non-hydrogen) atoms. The summed E-state index contributed by atoms with van der Waals surface area (Å²) in [5.74, 6) is -1.68. The van der Waals surface area contributed by atoms with E-state index in [4.69, 9.17) is 0 Å². The second-order valence-electron chi connectivity index (χ2n) is 7.73. The average Bonchev–Trinajstić information content (AvgIpc) is 2.78. The molecule has 0 aliphatic rings. The first-order valence-corrected chi connectivity index (χ1v) is 11.5. The summed E-state index contributed by atoms with van der Waals surface area (Å²) in [5.41, 5.74) is 1.85. The Bertz CT molecular complexity index is 1470. The minimum atomic E-state index is -4.09. The second-order valence-corrected chi connectivity index (χ2v) is 9.41. The van der Waals surface area contributed by atoms with Gasteiger partial charge in [-0.3, -0.25) is 4.72 Å². The number of sulfonamides is 1. The van der Waals surface area contributed by atoms with E-state index >= 15 is 0 Å². The molecule has 0 spiro atoms. The van der Waals surface area contributed by atoms with Gasteiger partial charge in [0.05, 0.1) is 16.1 Å². The Labute approximate surface area is 191 Å². The first kappa shape index (κ1) is 22.3. The topological polar surface area (TPSA) is 86.7 Å². The van der Waals surface area contributed by atoms with E-state index in [-0.39, 0.29) is 16.1 Å². The van der Waals surface area contributed by atoms with Gasteiger partial charge in [0.1, 0.15) is 5.82 Å². The van der Waals surface area contributed by atoms with E-state index in [1.165, 1.54) is 42.5 Å². The van der Waals surface area contributed by atoms with Gasteiger partial charge in [0, 0.05) is 25.2 Å². The van der Waals surface area contributed by atoms with Crippen LogP contribution in [0.1, 0.15) is 10.4 Å². The maximum atomic E-state index is 13.3. The molecule has 4 rings (SSSR count). The molecule has 0 unspecified atom stereocenters. The molecular formula is C25H21FN2O4S. The third-order valence-corrected chi connectivity index (χ3v) is 6.66. The van der Waals surface area contributed by atoms with Gasteiger partial charge in [-0.25, -0.2) is 17.6 Å². The van der Waals surface area contributed by atoms with Crippen molar-refractivity contribution in [1.82, 2.24) is 0 Å². The smallest absolute Gasteiger partial charge is 0.337 e. The van der Waals surface area contributed by atoms with E-state index in [1.807, 2.05) is 37.2 Å². The molecule has 0 radical (unpaired) electrons. The van der Waals surface area contributed by atoms with Gasteiger partial charge < -0.3 is 10.0 Å². The summed E-state index contributed by atoms with van der Waals surface area (Å²) in [7, 11) is -0.276. The van der Waals surface area contributed by atoms with E-state index in [1.54, 1.807) is 18.2 Å². The van der Waals surface area contributed by atoms with E-state index in [9.17, 15) is 22.7 Å². The van der Waals surface area contributed by atoms with Crippen LogP contribution in [0.4, 0.5) is 15.8 Å². The zero-order valence-corrected chi connectivity index (χ0v) is 18.7. The summed E-state index contributed by atoms with van der Waals surface area (Å²) in [6.45, 7) is 0. The summed E-state index contributed by atoms with van der Waals surface area (Å²) in [5, 5.41) is 11.2. The Balaban J connectivity index is 1.76. The lowest BCUT2D eigenvalue weighted by atomic mass is 10.0. The summed E-state index contributed by atoms with van der Waals surface area (Å²) < 4.78 is 42.0. The van der Waals surface area contributed by atoms with Crippen LogP contribution in [0.3, 0.4) is 0 Å². The van der Waals surface area contributed by atoms with Gasteiger partial charge in [-0.15, -0.1) is 0 Å². The zero-order chi connectivity index (χ0) is 23.8. The van der Waals surface area contributed by atoms with Crippen LogP contribution in [0.2, 0.25) is 0 Å². The molecule has 0 saturated carbocycles. The number of nitrogens with one attached hydrogen (secondary N) is 1. The molecule has 0 aliphatic carbocycles. The van der Waals surface area contributed by atoms with Gasteiger partial charge in [-0.05, 0) is 59.0 Å². The zero-order valence-electron chi connectivity index (χ0n) is 17.9. The molecule has 8 heteroatoms. The third kappa shape index (κ3) is 4.51. The van der Waals surface area contributed by atoms with Gasteiger partial charge >= 0.3 is 5.97 Å². The number of benzene rings is 4. The fourth-order valence-corrected chi connectivity index (χ4v) is 4.75. The van der Waals surface area contributed by atoms with Crippen LogP contribution in [0.15, 0.2) is 83.8 Å². The number of hydrogen-bond acceptors (Lipinski definition) is 4. The quantitative estimate of drug-likeness (QED) is 0.409. The van der Waals surface area contributed by atoms with Crippen molar-refractivity contribution in [1.29, 1.82) is 0 Å². The minimum absolute atomic E-state index is 0.00873. The van der Waals surface area contributed by atoms with Crippen LogP contribution in [0, 0.1) is 5.82 Å². The SMILES string of the molecule is CN(C)c1cccc2cc(S(=O)(=O)Nc3cc(-c4ccc(F)cc4)ccc3C(=O)O)ccc12. The van der Waals surface area contributed by atoms with Crippen LogP contribution in [0.25, 0.3) is 21.9 Å². The number of aromatic carboxylic acids is 1. The summed E-state index contributed by atoms with van der Waals surface area (Å²) in [6.07, 6.45) is 0. The molecule has 0 bridgehead atoms. The molecule has 0 heterocycles. The first-order valence-electron chi connectivity index (χ1n) is 10.0. The molecule has 0 atom stereocenters. The van der Waals surface area contributed by atoms with Crippen molar-refractivity contribution < 1.29 is 22.7 Å². The van der Waals surface area contributed by atoms with Gasteiger partial charge in [-0.2, -0.15) is 0 Å². The summed E-state index contributed by atoms with van der Waals surface area (Å²) >= 11 is 0. The highest BCUT2D eigenvalue weighted by molar-refractivity contribution is 7.92. The average molecular weight is 465 g/mol. The van der Waals surface area contributed by atoms with E-state index in [2.05, 4.69) is 4.72 Å². The number of carboxylic acid groups (broad SMARTS) is 1. The second kappa shape index (κ2) is 8.55. The number of carboxylic acids is 1. The largest absolute Gasteiger partial charge is 0.478 e. The van der Waals surface area contributed by atoms with Crippen molar-refractivity contribution in [3.05, 3.63) is 90.2 Å². The Morgan fingerprint density at radius 1 is 0.909 bits per heavy atom. The Hall–Kier alpha value is -3.91. The van der Waals surface area contributed by atoms with Crippen molar-refractivity contribution in [2.24, 2.45) is 0 Å². The third-order valence-electron chi connectivity index (χ3n) is 5.29. The number of carbonyl (C=O) groups is 1. The fourth-order valence-electron chi connectivity index (χ4n) is 3.64. The van der Waals surface area contributed by atoms with Gasteiger partial charge in [-0.1, -0.05) is 36.4 Å². The monoisotopic (exact) mass is 464 g/mol. The van der Waals surface area contributed by atoms with E-state index in [0.29, 0.717) is 11.1 Å². The van der Waals surface area contributed by atoms with Crippen LogP contribution in [-0.2, 0) is 10.0 Å². The van der Waals surface area contributed by atoms with Crippen LogP contribution in [-0.4, -0.2) is 33.6 Å². The van der Waals surface area contributed by atoms with Crippen molar-refractivity contribution in [3.63, 3.8) is 0 Å². The maximum Gasteiger partial charge on any atom is 0.337 e. The lowest BCUT2D eigenvalue weighted by Crippen LogP contribution is -2.16. The van der Waals surface area contributed by atoms with Crippen molar-refractivity contribution in [3.8, 4) is 11.1 Å². The maximum absolute atomic E-state index is 13.3. The minimum Gasteiger partial charge on any atom is -0.478 e. The molecule has 0 aromatic heterocycles. The first-order chi connectivity index (χ1) is 15.7. The van der Waals surface area contributed by atoms with Crippen molar-refractivity contribution in [2.45, 2.75) is 4.90 Å². The highest BCUT2D eigenvalue weighted by Crippen LogP contribution is 2.31. The van der Waals surface area contributed by atoms with Crippen molar-refractivity contribution >= 4 is 38.1 Å². The standard InChI is InChI=1S/C25H21FN2O4S/c1-28(2)24-5-3-4-18-14-20(11-13-21(18)24)33(31,32)27-23-15-17(8-12-22(23)25(29)30)16-6-9-19(26)10-7-16/h3-15,27H,1-2H3,(H,29,30). The van der Waals surface area contributed by atoms with Gasteiger partial charge in [0.25, 0.3) is 10.0 Å². The molecule has 0 amide bonds. The molecule has 0 saturated heterocycles. The lowest BCUT2D eigenvalue weighted by molar-refractivity contribution is 0.0698. The predicted molar refractivity (Wildman–Crippen MR) is 128 cm³/mol. The molecule has 4 aromatic carbocycles. The molecule has 4 aromatic rings. The highest BCUT2D eigenvalue weighted by atomic mass is 32.2. The normalized spacial score (nSPS) is 11.4. The van der Waals surface area contributed by atoms with Gasteiger partial charge in [0.15, 0.2) is 0 Å². The number of anilines is 2. The van der Waals surface area contributed by atoms with Crippen LogP contribution >= 0.6 is 0 Å². The fraction of sp³-hybridized carbons (Fsp3) is 0.0800.